The molecule has 1 rings (SSSR count). The van der Waals surface area contributed by atoms with Gasteiger partial charge in [-0.15, -0.1) is 0 Å². The van der Waals surface area contributed by atoms with Crippen LogP contribution in [0.3, 0.4) is 0 Å². The van der Waals surface area contributed by atoms with Crippen molar-refractivity contribution in [1.29, 1.82) is 0 Å². The SMILES string of the molecule is CCNC(=O)CCNC(C)c1ccc(OC)cc1F. The fourth-order valence-electron chi connectivity index (χ4n) is 1.78. The van der Waals surface area contributed by atoms with E-state index in [1.165, 1.54) is 13.2 Å². The number of hydrogen-bond donors (Lipinski definition) is 2. The van der Waals surface area contributed by atoms with Gasteiger partial charge in [-0.1, -0.05) is 6.07 Å². The molecule has 106 valence electrons. The van der Waals surface area contributed by atoms with E-state index in [-0.39, 0.29) is 17.8 Å². The Morgan fingerprint density at radius 3 is 2.79 bits per heavy atom. The topological polar surface area (TPSA) is 50.4 Å². The van der Waals surface area contributed by atoms with E-state index in [1.807, 2.05) is 13.8 Å². The van der Waals surface area contributed by atoms with Crippen molar-refractivity contribution in [3.05, 3.63) is 29.6 Å². The van der Waals surface area contributed by atoms with Crippen molar-refractivity contribution in [3.8, 4) is 5.75 Å². The molecule has 0 saturated carbocycles. The zero-order valence-corrected chi connectivity index (χ0v) is 11.6. The number of hydrogen-bond acceptors (Lipinski definition) is 3. The molecule has 1 atom stereocenters. The minimum Gasteiger partial charge on any atom is -0.497 e. The van der Waals surface area contributed by atoms with Crippen molar-refractivity contribution in [2.75, 3.05) is 20.2 Å². The van der Waals surface area contributed by atoms with Crippen LogP contribution in [0.5, 0.6) is 5.75 Å². The standard InChI is InChI=1S/C14H21FN2O2/c1-4-16-14(18)7-8-17-10(2)12-6-5-11(19-3)9-13(12)15/h5-6,9-10,17H,4,7-8H2,1-3H3,(H,16,18). The Balaban J connectivity index is 2.49. The smallest absolute Gasteiger partial charge is 0.221 e. The third-order valence-corrected chi connectivity index (χ3v) is 2.85. The Hall–Kier alpha value is -1.62. The second-order valence-corrected chi connectivity index (χ2v) is 4.27. The molecule has 1 amide bonds. The number of amides is 1. The maximum atomic E-state index is 13.8. The first-order valence-electron chi connectivity index (χ1n) is 6.42. The van der Waals surface area contributed by atoms with Gasteiger partial charge in [0.1, 0.15) is 11.6 Å². The number of nitrogens with one attached hydrogen (secondary N) is 2. The number of rotatable bonds is 7. The van der Waals surface area contributed by atoms with Gasteiger partial charge in [0.2, 0.25) is 5.91 Å². The largest absolute Gasteiger partial charge is 0.497 e. The molecule has 0 aromatic heterocycles. The third kappa shape index (κ3) is 4.87. The van der Waals surface area contributed by atoms with E-state index < -0.39 is 0 Å². The lowest BCUT2D eigenvalue weighted by atomic mass is 10.1. The molecule has 0 aliphatic rings. The summed E-state index contributed by atoms with van der Waals surface area (Å²) in [6, 6.07) is 4.62. The van der Waals surface area contributed by atoms with Crippen LogP contribution in [-0.2, 0) is 4.79 Å². The predicted octanol–water partition coefficient (Wildman–Crippen LogP) is 2.01. The van der Waals surface area contributed by atoms with E-state index in [0.717, 1.165) is 0 Å². The van der Waals surface area contributed by atoms with Crippen LogP contribution < -0.4 is 15.4 Å². The third-order valence-electron chi connectivity index (χ3n) is 2.85. The summed E-state index contributed by atoms with van der Waals surface area (Å²) in [5.74, 6) is 0.186. The Bertz CT molecular complexity index is 424. The molecule has 2 N–H and O–H groups in total. The van der Waals surface area contributed by atoms with Crippen LogP contribution in [0.25, 0.3) is 0 Å². The Labute approximate surface area is 113 Å². The average molecular weight is 268 g/mol. The minimum absolute atomic E-state index is 0.00240. The van der Waals surface area contributed by atoms with Gasteiger partial charge in [-0.2, -0.15) is 0 Å². The van der Waals surface area contributed by atoms with Crippen molar-refractivity contribution in [1.82, 2.24) is 10.6 Å². The second kappa shape index (κ2) is 7.74. The summed E-state index contributed by atoms with van der Waals surface area (Å²) in [4.78, 5) is 11.3. The molecule has 1 unspecified atom stereocenters. The summed E-state index contributed by atoms with van der Waals surface area (Å²) in [7, 11) is 1.50. The summed E-state index contributed by atoms with van der Waals surface area (Å²) in [6.45, 7) is 4.88. The van der Waals surface area contributed by atoms with Crippen LogP contribution >= 0.6 is 0 Å². The maximum Gasteiger partial charge on any atom is 0.221 e. The molecule has 0 saturated heterocycles. The summed E-state index contributed by atoms with van der Waals surface area (Å²) in [5, 5.41) is 5.84. The molecular formula is C14H21FN2O2. The van der Waals surface area contributed by atoms with E-state index >= 15 is 0 Å². The molecule has 0 fully saturated rings. The fourth-order valence-corrected chi connectivity index (χ4v) is 1.78. The molecule has 0 radical (unpaired) electrons. The Morgan fingerprint density at radius 2 is 2.21 bits per heavy atom. The van der Waals surface area contributed by atoms with Gasteiger partial charge in [0, 0.05) is 37.2 Å². The van der Waals surface area contributed by atoms with E-state index in [1.54, 1.807) is 12.1 Å². The van der Waals surface area contributed by atoms with E-state index in [4.69, 9.17) is 4.74 Å². The van der Waals surface area contributed by atoms with Gasteiger partial charge < -0.3 is 15.4 Å². The van der Waals surface area contributed by atoms with E-state index in [9.17, 15) is 9.18 Å². The Morgan fingerprint density at radius 1 is 1.47 bits per heavy atom. The van der Waals surface area contributed by atoms with Crippen LogP contribution in [0, 0.1) is 5.82 Å². The molecular weight excluding hydrogens is 247 g/mol. The first-order chi connectivity index (χ1) is 9.08. The van der Waals surface area contributed by atoms with Crippen molar-refractivity contribution in [3.63, 3.8) is 0 Å². The average Bonchev–Trinajstić information content (AvgIpc) is 2.38. The summed E-state index contributed by atoms with van der Waals surface area (Å²) >= 11 is 0. The fraction of sp³-hybridized carbons (Fsp3) is 0.500. The van der Waals surface area contributed by atoms with Crippen LogP contribution in [0.15, 0.2) is 18.2 Å². The first-order valence-corrected chi connectivity index (χ1v) is 6.42. The van der Waals surface area contributed by atoms with Crippen molar-refractivity contribution in [2.45, 2.75) is 26.3 Å². The van der Waals surface area contributed by atoms with Crippen LogP contribution in [-0.4, -0.2) is 26.1 Å². The van der Waals surface area contributed by atoms with Crippen molar-refractivity contribution >= 4 is 5.91 Å². The first kappa shape index (κ1) is 15.4. The molecule has 19 heavy (non-hydrogen) atoms. The molecule has 0 aliphatic carbocycles. The molecule has 4 nitrogen and oxygen atoms in total. The van der Waals surface area contributed by atoms with Gasteiger partial charge in [-0.3, -0.25) is 4.79 Å². The van der Waals surface area contributed by atoms with Gasteiger partial charge in [0.25, 0.3) is 0 Å². The number of benzene rings is 1. The molecule has 1 aromatic carbocycles. The van der Waals surface area contributed by atoms with Gasteiger partial charge in [-0.05, 0) is 19.9 Å². The van der Waals surface area contributed by atoms with Gasteiger partial charge in [0.15, 0.2) is 0 Å². The number of carbonyl (C=O) groups excluding carboxylic acids is 1. The van der Waals surface area contributed by atoms with Crippen LogP contribution in [0.1, 0.15) is 31.9 Å². The van der Waals surface area contributed by atoms with Crippen LogP contribution in [0.2, 0.25) is 0 Å². The lowest BCUT2D eigenvalue weighted by molar-refractivity contribution is -0.120. The predicted molar refractivity (Wildman–Crippen MR) is 72.7 cm³/mol. The zero-order valence-electron chi connectivity index (χ0n) is 11.6. The summed E-state index contributed by atoms with van der Waals surface area (Å²) < 4.78 is 18.8. The molecule has 0 bridgehead atoms. The Kier molecular flexibility index (Phi) is 6.29. The normalized spacial score (nSPS) is 12.0. The molecule has 0 aliphatic heterocycles. The highest BCUT2D eigenvalue weighted by molar-refractivity contribution is 5.75. The van der Waals surface area contributed by atoms with Crippen molar-refractivity contribution in [2.24, 2.45) is 0 Å². The summed E-state index contributed by atoms with van der Waals surface area (Å²) in [6.07, 6.45) is 0.385. The van der Waals surface area contributed by atoms with Crippen LogP contribution in [0.4, 0.5) is 4.39 Å². The zero-order chi connectivity index (χ0) is 14.3. The number of methoxy groups -OCH3 is 1. The highest BCUT2D eigenvalue weighted by atomic mass is 19.1. The van der Waals surface area contributed by atoms with Crippen molar-refractivity contribution < 1.29 is 13.9 Å². The maximum absolute atomic E-state index is 13.8. The lowest BCUT2D eigenvalue weighted by Gasteiger charge is -2.15. The van der Waals surface area contributed by atoms with Gasteiger partial charge >= 0.3 is 0 Å². The number of ether oxygens (including phenoxy) is 1. The molecule has 0 spiro atoms. The number of carbonyl (C=O) groups is 1. The quantitative estimate of drug-likeness (QED) is 0.795. The second-order valence-electron chi connectivity index (χ2n) is 4.27. The molecule has 0 heterocycles. The summed E-state index contributed by atoms with van der Waals surface area (Å²) in [5.41, 5.74) is 0.566. The van der Waals surface area contributed by atoms with Gasteiger partial charge in [-0.25, -0.2) is 4.39 Å². The van der Waals surface area contributed by atoms with Gasteiger partial charge in [0.05, 0.1) is 7.11 Å². The molecule has 1 aromatic rings. The monoisotopic (exact) mass is 268 g/mol. The highest BCUT2D eigenvalue weighted by Gasteiger charge is 2.11. The highest BCUT2D eigenvalue weighted by Crippen LogP contribution is 2.21. The molecule has 5 heteroatoms. The lowest BCUT2D eigenvalue weighted by Crippen LogP contribution is -2.28. The van der Waals surface area contributed by atoms with E-state index in [0.29, 0.717) is 30.8 Å². The van der Waals surface area contributed by atoms with E-state index in [2.05, 4.69) is 10.6 Å². The minimum atomic E-state index is -0.308. The number of halogens is 1.